The van der Waals surface area contributed by atoms with E-state index in [1.807, 2.05) is 0 Å². The van der Waals surface area contributed by atoms with E-state index in [0.717, 1.165) is 0 Å². The van der Waals surface area contributed by atoms with E-state index in [1.54, 1.807) is 0 Å². The van der Waals surface area contributed by atoms with Crippen LogP contribution in [0.5, 0.6) is 0 Å². The van der Waals surface area contributed by atoms with Crippen LogP contribution in [0.15, 0.2) is 72.8 Å². The van der Waals surface area contributed by atoms with Gasteiger partial charge in [-0.3, -0.25) is 0 Å². The van der Waals surface area contributed by atoms with Gasteiger partial charge in [0.05, 0.1) is 0 Å². The molecule has 24 heavy (non-hydrogen) atoms. The minimum atomic E-state index is 0.489. The lowest BCUT2D eigenvalue weighted by atomic mass is 9.84. The molecule has 0 amide bonds. The average molecular weight is 310 g/mol. The molecule has 0 unspecified atom stereocenters. The molecular weight excluding hydrogens is 288 g/mol. The van der Waals surface area contributed by atoms with Crippen molar-refractivity contribution >= 4 is 21.5 Å². The second kappa shape index (κ2) is 5.79. The highest BCUT2D eigenvalue weighted by molar-refractivity contribution is 6.07. The summed E-state index contributed by atoms with van der Waals surface area (Å²) in [5, 5.41) is 5.31. The molecule has 0 heterocycles. The molecule has 0 N–H and O–H groups in total. The normalized spacial score (nSPS) is 11.5. The highest BCUT2D eigenvalue weighted by Gasteiger charge is 2.16. The molecule has 4 aromatic rings. The maximum Gasteiger partial charge on any atom is -0.00618 e. The summed E-state index contributed by atoms with van der Waals surface area (Å²) in [5.41, 5.74) is 5.55. The summed E-state index contributed by atoms with van der Waals surface area (Å²) in [4.78, 5) is 0. The van der Waals surface area contributed by atoms with Crippen LogP contribution in [0.1, 0.15) is 30.9 Å². The van der Waals surface area contributed by atoms with Crippen LogP contribution in [0.2, 0.25) is 0 Å². The Morgan fingerprint density at radius 1 is 0.583 bits per heavy atom. The van der Waals surface area contributed by atoms with Crippen LogP contribution >= 0.6 is 0 Å². The summed E-state index contributed by atoms with van der Waals surface area (Å²) in [6.45, 7) is 6.80. The molecule has 0 atom stereocenters. The third kappa shape index (κ3) is 2.30. The van der Waals surface area contributed by atoms with Crippen LogP contribution in [-0.2, 0) is 0 Å². The molecule has 0 radical (unpaired) electrons. The summed E-state index contributed by atoms with van der Waals surface area (Å²) < 4.78 is 0. The van der Waals surface area contributed by atoms with Gasteiger partial charge in [-0.15, -0.1) is 0 Å². The van der Waals surface area contributed by atoms with Gasteiger partial charge < -0.3 is 0 Å². The number of rotatable bonds is 2. The first-order chi connectivity index (χ1) is 11.7. The zero-order valence-electron chi connectivity index (χ0n) is 14.5. The lowest BCUT2D eigenvalue weighted by molar-refractivity contribution is 0.871. The zero-order chi connectivity index (χ0) is 16.7. The van der Waals surface area contributed by atoms with E-state index in [4.69, 9.17) is 0 Å². The first-order valence-corrected chi connectivity index (χ1v) is 8.67. The van der Waals surface area contributed by atoms with Gasteiger partial charge in [-0.05, 0) is 56.6 Å². The van der Waals surface area contributed by atoms with Gasteiger partial charge in [-0.25, -0.2) is 0 Å². The van der Waals surface area contributed by atoms with Gasteiger partial charge in [0.2, 0.25) is 0 Å². The summed E-state index contributed by atoms with van der Waals surface area (Å²) in [6, 6.07) is 26.5. The Bertz CT molecular complexity index is 1040. The maximum absolute atomic E-state index is 2.31. The molecule has 0 fully saturated rings. The molecule has 0 aliphatic rings. The van der Waals surface area contributed by atoms with E-state index in [2.05, 4.69) is 93.6 Å². The monoisotopic (exact) mass is 310 g/mol. The average Bonchev–Trinajstić information content (AvgIpc) is 2.61. The molecule has 4 aromatic carbocycles. The van der Waals surface area contributed by atoms with Gasteiger partial charge in [-0.2, -0.15) is 0 Å². The molecule has 118 valence electrons. The van der Waals surface area contributed by atoms with Crippen molar-refractivity contribution < 1.29 is 0 Å². The van der Waals surface area contributed by atoms with E-state index in [-0.39, 0.29) is 0 Å². The third-order valence-corrected chi connectivity index (χ3v) is 4.97. The minimum Gasteiger partial charge on any atom is -0.0616 e. The Labute approximate surface area is 143 Å². The van der Waals surface area contributed by atoms with Crippen LogP contribution in [0, 0.1) is 6.92 Å². The van der Waals surface area contributed by atoms with E-state index in [9.17, 15) is 0 Å². The zero-order valence-corrected chi connectivity index (χ0v) is 14.5. The molecular formula is C24H22. The SMILES string of the molecule is Cc1ccc2ccccc2c1-c1c(C(C)C)ccc2ccccc12. The highest BCUT2D eigenvalue weighted by Crippen LogP contribution is 2.41. The number of hydrogen-bond donors (Lipinski definition) is 0. The molecule has 0 aliphatic carbocycles. The first-order valence-electron chi connectivity index (χ1n) is 8.67. The van der Waals surface area contributed by atoms with Gasteiger partial charge in [0, 0.05) is 0 Å². The van der Waals surface area contributed by atoms with Crippen LogP contribution in [-0.4, -0.2) is 0 Å². The van der Waals surface area contributed by atoms with Crippen molar-refractivity contribution in [3.05, 3.63) is 83.9 Å². The molecule has 4 rings (SSSR count). The predicted octanol–water partition coefficient (Wildman–Crippen LogP) is 7.09. The van der Waals surface area contributed by atoms with Crippen molar-refractivity contribution in [2.24, 2.45) is 0 Å². The van der Waals surface area contributed by atoms with E-state index >= 15 is 0 Å². The second-order valence-electron chi connectivity index (χ2n) is 6.88. The van der Waals surface area contributed by atoms with Crippen LogP contribution < -0.4 is 0 Å². The standard InChI is InChI=1S/C24H22/c1-16(2)20-15-14-19-9-5-7-11-22(19)24(20)23-17(3)12-13-18-8-4-6-10-21(18)23/h4-16H,1-3H3. The van der Waals surface area contributed by atoms with Gasteiger partial charge >= 0.3 is 0 Å². The van der Waals surface area contributed by atoms with Crippen molar-refractivity contribution in [2.75, 3.05) is 0 Å². The quantitative estimate of drug-likeness (QED) is 0.370. The van der Waals surface area contributed by atoms with Crippen LogP contribution in [0.4, 0.5) is 0 Å². The Balaban J connectivity index is 2.21. The number of hydrogen-bond acceptors (Lipinski definition) is 0. The fourth-order valence-corrected chi connectivity index (χ4v) is 3.76. The van der Waals surface area contributed by atoms with E-state index < -0.39 is 0 Å². The van der Waals surface area contributed by atoms with Gasteiger partial charge in [-0.1, -0.05) is 86.6 Å². The van der Waals surface area contributed by atoms with Crippen molar-refractivity contribution in [1.82, 2.24) is 0 Å². The van der Waals surface area contributed by atoms with Crippen molar-refractivity contribution in [1.29, 1.82) is 0 Å². The van der Waals surface area contributed by atoms with Gasteiger partial charge in [0.25, 0.3) is 0 Å². The fraction of sp³-hybridized carbons (Fsp3) is 0.167. The maximum atomic E-state index is 2.31. The Morgan fingerprint density at radius 3 is 1.75 bits per heavy atom. The highest BCUT2D eigenvalue weighted by atomic mass is 14.2. The molecule has 0 bridgehead atoms. The first kappa shape index (κ1) is 15.0. The molecule has 0 nitrogen and oxygen atoms in total. The Morgan fingerprint density at radius 2 is 1.12 bits per heavy atom. The molecule has 0 aliphatic heterocycles. The van der Waals surface area contributed by atoms with Crippen molar-refractivity contribution in [2.45, 2.75) is 26.7 Å². The predicted molar refractivity (Wildman–Crippen MR) is 106 cm³/mol. The summed E-state index contributed by atoms with van der Waals surface area (Å²) in [6.07, 6.45) is 0. The molecule has 0 heteroatoms. The molecule has 0 spiro atoms. The number of fused-ring (bicyclic) bond motifs is 2. The third-order valence-electron chi connectivity index (χ3n) is 4.97. The second-order valence-corrected chi connectivity index (χ2v) is 6.88. The van der Waals surface area contributed by atoms with Gasteiger partial charge in [0.15, 0.2) is 0 Å². The molecule has 0 saturated heterocycles. The van der Waals surface area contributed by atoms with Gasteiger partial charge in [0.1, 0.15) is 0 Å². The smallest absolute Gasteiger partial charge is 0.00618 e. The fourth-order valence-electron chi connectivity index (χ4n) is 3.76. The Kier molecular flexibility index (Phi) is 3.61. The number of aryl methyl sites for hydroxylation is 1. The topological polar surface area (TPSA) is 0 Å². The van der Waals surface area contributed by atoms with E-state index in [1.165, 1.54) is 43.8 Å². The lowest BCUT2D eigenvalue weighted by Gasteiger charge is -2.19. The molecule has 0 saturated carbocycles. The van der Waals surface area contributed by atoms with Crippen LogP contribution in [0.3, 0.4) is 0 Å². The van der Waals surface area contributed by atoms with Crippen molar-refractivity contribution in [3.63, 3.8) is 0 Å². The van der Waals surface area contributed by atoms with Crippen LogP contribution in [0.25, 0.3) is 32.7 Å². The summed E-state index contributed by atoms with van der Waals surface area (Å²) >= 11 is 0. The largest absolute Gasteiger partial charge is 0.0616 e. The van der Waals surface area contributed by atoms with Crippen molar-refractivity contribution in [3.8, 4) is 11.1 Å². The number of benzene rings is 4. The minimum absolute atomic E-state index is 0.489. The van der Waals surface area contributed by atoms with E-state index in [0.29, 0.717) is 5.92 Å². The summed E-state index contributed by atoms with van der Waals surface area (Å²) in [7, 11) is 0. The lowest BCUT2D eigenvalue weighted by Crippen LogP contribution is -1.96. The summed E-state index contributed by atoms with van der Waals surface area (Å²) in [5.74, 6) is 0.489. The Hall–Kier alpha value is -2.60. The molecule has 0 aromatic heterocycles.